The normalized spacial score (nSPS) is 25.0. The molecule has 1 heterocycles. The van der Waals surface area contributed by atoms with Crippen LogP contribution in [0, 0.1) is 11.8 Å². The predicted molar refractivity (Wildman–Crippen MR) is 74.2 cm³/mol. The smallest absolute Gasteiger partial charge is 0.0632 e. The van der Waals surface area contributed by atoms with E-state index in [0.717, 1.165) is 44.5 Å². The second-order valence-corrected chi connectivity index (χ2v) is 5.29. The molecular weight excluding hydrogens is 222 g/mol. The lowest BCUT2D eigenvalue weighted by Crippen LogP contribution is -2.28. The van der Waals surface area contributed by atoms with Gasteiger partial charge >= 0.3 is 0 Å². The van der Waals surface area contributed by atoms with Crippen molar-refractivity contribution in [2.24, 2.45) is 0 Å². The molecular formula is C16H21NO. The molecule has 2 heteroatoms. The summed E-state index contributed by atoms with van der Waals surface area (Å²) in [6, 6.07) is 10.1. The molecule has 2 rings (SSSR count). The highest BCUT2D eigenvalue weighted by Gasteiger charge is 2.24. The van der Waals surface area contributed by atoms with E-state index < -0.39 is 5.60 Å². The van der Waals surface area contributed by atoms with E-state index in [-0.39, 0.29) is 0 Å². The Balaban J connectivity index is 1.86. The third kappa shape index (κ3) is 4.18. The number of hydrogen-bond acceptors (Lipinski definition) is 2. The quantitative estimate of drug-likeness (QED) is 0.765. The fourth-order valence-electron chi connectivity index (χ4n) is 2.25. The van der Waals surface area contributed by atoms with E-state index in [1.807, 2.05) is 37.3 Å². The molecule has 1 N–H and O–H groups in total. The fraction of sp³-hybridized carbons (Fsp3) is 0.500. The fourth-order valence-corrected chi connectivity index (χ4v) is 2.25. The first-order chi connectivity index (χ1) is 8.66. The molecule has 1 saturated heterocycles. The van der Waals surface area contributed by atoms with Crippen molar-refractivity contribution in [3.8, 4) is 11.8 Å². The predicted octanol–water partition coefficient (Wildman–Crippen LogP) is 2.28. The van der Waals surface area contributed by atoms with Crippen LogP contribution in [0.4, 0.5) is 0 Å². The van der Waals surface area contributed by atoms with Gasteiger partial charge in [0.25, 0.3) is 0 Å². The molecule has 0 aromatic heterocycles. The molecule has 1 aromatic carbocycles. The number of rotatable bonds is 1. The summed E-state index contributed by atoms with van der Waals surface area (Å²) in [7, 11) is 0. The molecule has 0 amide bonds. The molecule has 1 aliphatic heterocycles. The van der Waals surface area contributed by atoms with Crippen LogP contribution < -0.4 is 0 Å². The minimum absolute atomic E-state index is 0.485. The third-order valence-corrected chi connectivity index (χ3v) is 3.47. The summed E-state index contributed by atoms with van der Waals surface area (Å²) in [6.45, 7) is 4.72. The van der Waals surface area contributed by atoms with Gasteiger partial charge in [-0.3, -0.25) is 4.90 Å². The zero-order valence-corrected chi connectivity index (χ0v) is 11.0. The molecule has 18 heavy (non-hydrogen) atoms. The molecule has 1 aromatic rings. The Morgan fingerprint density at radius 2 is 2.00 bits per heavy atom. The van der Waals surface area contributed by atoms with Gasteiger partial charge in [0.2, 0.25) is 0 Å². The van der Waals surface area contributed by atoms with Gasteiger partial charge in [-0.05, 0) is 44.9 Å². The molecule has 0 bridgehead atoms. The molecule has 0 aliphatic carbocycles. The Kier molecular flexibility index (Phi) is 4.41. The van der Waals surface area contributed by atoms with Gasteiger partial charge in [0, 0.05) is 12.1 Å². The molecule has 1 aliphatic rings. The van der Waals surface area contributed by atoms with Gasteiger partial charge in [0.05, 0.1) is 12.1 Å². The Hall–Kier alpha value is -1.30. The van der Waals surface area contributed by atoms with Gasteiger partial charge in [-0.15, -0.1) is 0 Å². The Bertz CT molecular complexity index is 427. The van der Waals surface area contributed by atoms with Crippen LogP contribution in [0.2, 0.25) is 0 Å². The summed E-state index contributed by atoms with van der Waals surface area (Å²) >= 11 is 0. The highest BCUT2D eigenvalue weighted by atomic mass is 16.3. The van der Waals surface area contributed by atoms with Crippen LogP contribution in [0.3, 0.4) is 0 Å². The molecule has 96 valence electrons. The maximum absolute atomic E-state index is 10.0. The van der Waals surface area contributed by atoms with Gasteiger partial charge < -0.3 is 5.11 Å². The van der Waals surface area contributed by atoms with Gasteiger partial charge in [0.15, 0.2) is 0 Å². The highest BCUT2D eigenvalue weighted by Crippen LogP contribution is 2.20. The molecule has 1 fully saturated rings. The van der Waals surface area contributed by atoms with Crippen molar-refractivity contribution < 1.29 is 5.11 Å². The molecule has 0 spiro atoms. The average molecular weight is 243 g/mol. The summed E-state index contributed by atoms with van der Waals surface area (Å²) in [4.78, 5) is 2.33. The maximum Gasteiger partial charge on any atom is 0.0632 e. The van der Waals surface area contributed by atoms with Crippen molar-refractivity contribution in [1.29, 1.82) is 0 Å². The second-order valence-electron chi connectivity index (χ2n) is 5.29. The van der Waals surface area contributed by atoms with E-state index in [4.69, 9.17) is 0 Å². The van der Waals surface area contributed by atoms with E-state index >= 15 is 0 Å². The number of likely N-dealkylation sites (tertiary alicyclic amines) is 1. The van der Waals surface area contributed by atoms with Gasteiger partial charge in [-0.25, -0.2) is 0 Å². The minimum Gasteiger partial charge on any atom is -0.390 e. The highest BCUT2D eigenvalue weighted by molar-refractivity contribution is 5.33. The summed E-state index contributed by atoms with van der Waals surface area (Å²) in [5.74, 6) is 6.40. The van der Waals surface area contributed by atoms with E-state index in [9.17, 15) is 5.11 Å². The van der Waals surface area contributed by atoms with Crippen molar-refractivity contribution >= 4 is 0 Å². The summed E-state index contributed by atoms with van der Waals surface area (Å²) in [5.41, 5.74) is 0.584. The number of benzene rings is 1. The lowest BCUT2D eigenvalue weighted by atomic mass is 9.98. The van der Waals surface area contributed by atoms with Crippen LogP contribution in [0.25, 0.3) is 0 Å². The summed E-state index contributed by atoms with van der Waals surface area (Å²) in [5, 5.41) is 10.0. The van der Waals surface area contributed by atoms with Crippen LogP contribution in [0.1, 0.15) is 31.7 Å². The van der Waals surface area contributed by atoms with Crippen LogP contribution >= 0.6 is 0 Å². The van der Waals surface area contributed by atoms with E-state index in [2.05, 4.69) is 16.7 Å². The standard InChI is InChI=1S/C16H21NO/c1-16(18)10-6-13-17(14-11-16)12-5-9-15-7-3-2-4-8-15/h2-4,7-8,18H,6,10-14H2,1H3. The first kappa shape index (κ1) is 13.1. The van der Waals surface area contributed by atoms with E-state index in [1.54, 1.807) is 0 Å². The Labute approximate surface area is 110 Å². The van der Waals surface area contributed by atoms with Crippen LogP contribution in [0.5, 0.6) is 0 Å². The zero-order valence-electron chi connectivity index (χ0n) is 11.0. The first-order valence-corrected chi connectivity index (χ1v) is 6.64. The summed E-state index contributed by atoms with van der Waals surface area (Å²) < 4.78 is 0. The topological polar surface area (TPSA) is 23.5 Å². The van der Waals surface area contributed by atoms with Gasteiger partial charge in [-0.1, -0.05) is 30.0 Å². The van der Waals surface area contributed by atoms with Crippen molar-refractivity contribution in [3.63, 3.8) is 0 Å². The molecule has 0 radical (unpaired) electrons. The van der Waals surface area contributed by atoms with Gasteiger partial charge in [0.1, 0.15) is 0 Å². The zero-order chi connectivity index (χ0) is 12.8. The minimum atomic E-state index is -0.485. The van der Waals surface area contributed by atoms with E-state index in [1.165, 1.54) is 0 Å². The average Bonchev–Trinajstić information content (AvgIpc) is 2.52. The van der Waals surface area contributed by atoms with Crippen LogP contribution in [0.15, 0.2) is 30.3 Å². The maximum atomic E-state index is 10.0. The van der Waals surface area contributed by atoms with E-state index in [0.29, 0.717) is 0 Å². The number of hydrogen-bond donors (Lipinski definition) is 1. The third-order valence-electron chi connectivity index (χ3n) is 3.47. The molecule has 2 nitrogen and oxygen atoms in total. The number of nitrogens with zero attached hydrogens (tertiary/aromatic N) is 1. The summed E-state index contributed by atoms with van der Waals surface area (Å²) in [6.07, 6.45) is 2.80. The Morgan fingerprint density at radius 1 is 1.22 bits per heavy atom. The van der Waals surface area contributed by atoms with Crippen molar-refractivity contribution in [2.75, 3.05) is 19.6 Å². The molecule has 1 unspecified atom stereocenters. The monoisotopic (exact) mass is 243 g/mol. The Morgan fingerprint density at radius 3 is 2.78 bits per heavy atom. The second kappa shape index (κ2) is 6.04. The first-order valence-electron chi connectivity index (χ1n) is 6.64. The SMILES string of the molecule is CC1(O)CCCN(CC#Cc2ccccc2)CC1. The van der Waals surface area contributed by atoms with Crippen molar-refractivity contribution in [2.45, 2.75) is 31.8 Å². The largest absolute Gasteiger partial charge is 0.390 e. The lowest BCUT2D eigenvalue weighted by Gasteiger charge is -2.21. The molecule has 0 saturated carbocycles. The number of aliphatic hydroxyl groups is 1. The van der Waals surface area contributed by atoms with Crippen LogP contribution in [-0.2, 0) is 0 Å². The molecule has 1 atom stereocenters. The van der Waals surface area contributed by atoms with Gasteiger partial charge in [-0.2, -0.15) is 0 Å². The van der Waals surface area contributed by atoms with Crippen molar-refractivity contribution in [3.05, 3.63) is 35.9 Å². The lowest BCUT2D eigenvalue weighted by molar-refractivity contribution is 0.0450. The van der Waals surface area contributed by atoms with Crippen molar-refractivity contribution in [1.82, 2.24) is 4.90 Å². The van der Waals surface area contributed by atoms with Crippen LogP contribution in [-0.4, -0.2) is 35.2 Å².